The molecule has 0 radical (unpaired) electrons. The van der Waals surface area contributed by atoms with Gasteiger partial charge in [0.15, 0.2) is 5.76 Å². The van der Waals surface area contributed by atoms with E-state index < -0.39 is 0 Å². The minimum Gasteiger partial charge on any atom is -0.497 e. The Morgan fingerprint density at radius 3 is 2.57 bits per heavy atom. The molecule has 0 N–H and O–H groups in total. The molecule has 0 unspecified atom stereocenters. The van der Waals surface area contributed by atoms with Gasteiger partial charge in [-0.25, -0.2) is 0 Å². The van der Waals surface area contributed by atoms with Gasteiger partial charge in [0.2, 0.25) is 0 Å². The van der Waals surface area contributed by atoms with Crippen molar-refractivity contribution in [3.05, 3.63) is 57.8 Å². The number of aromatic nitrogens is 1. The fourth-order valence-corrected chi connectivity index (χ4v) is 3.17. The van der Waals surface area contributed by atoms with Crippen LogP contribution in [0.3, 0.4) is 0 Å². The summed E-state index contributed by atoms with van der Waals surface area (Å²) < 4.78 is 15.8. The van der Waals surface area contributed by atoms with Crippen molar-refractivity contribution < 1.29 is 14.0 Å². The van der Waals surface area contributed by atoms with Crippen LogP contribution in [0.4, 0.5) is 5.69 Å². The standard InChI is InChI=1S/C20H15Cl2N3O3/c1-26-12-6-7-16(18(10-12)27-2)24-9-8-17-13(11-23)20(25-28-17)19-14(21)4-3-5-15(19)22/h3-7,9-10H,8H2,1-2H3. The lowest BCUT2D eigenvalue weighted by Crippen LogP contribution is -1.91. The molecule has 0 aliphatic rings. The number of aliphatic imine (C=N–C) groups is 1. The topological polar surface area (TPSA) is 80.6 Å². The first-order valence-electron chi connectivity index (χ1n) is 8.16. The van der Waals surface area contributed by atoms with E-state index in [4.69, 9.17) is 37.2 Å². The maximum atomic E-state index is 9.57. The third-order valence-corrected chi connectivity index (χ3v) is 4.60. The Labute approximate surface area is 171 Å². The first-order chi connectivity index (χ1) is 13.6. The number of rotatable bonds is 6. The van der Waals surface area contributed by atoms with Crippen LogP contribution in [-0.4, -0.2) is 25.6 Å². The molecule has 0 aliphatic heterocycles. The summed E-state index contributed by atoms with van der Waals surface area (Å²) in [5.74, 6) is 1.60. The number of ether oxygens (including phenoxy) is 2. The van der Waals surface area contributed by atoms with Crippen molar-refractivity contribution in [2.45, 2.75) is 6.42 Å². The summed E-state index contributed by atoms with van der Waals surface area (Å²) >= 11 is 12.4. The summed E-state index contributed by atoms with van der Waals surface area (Å²) in [6.45, 7) is 0. The number of benzene rings is 2. The highest BCUT2D eigenvalue weighted by Gasteiger charge is 2.21. The second-order valence-electron chi connectivity index (χ2n) is 5.59. The Kier molecular flexibility index (Phi) is 6.19. The molecule has 1 heterocycles. The Hall–Kier alpha value is -3.01. The van der Waals surface area contributed by atoms with E-state index in [1.54, 1.807) is 56.8 Å². The van der Waals surface area contributed by atoms with Crippen molar-refractivity contribution in [1.82, 2.24) is 5.16 Å². The minimum absolute atomic E-state index is 0.257. The number of nitrogens with zero attached hydrogens (tertiary/aromatic N) is 3. The summed E-state index contributed by atoms with van der Waals surface area (Å²) in [7, 11) is 3.13. The summed E-state index contributed by atoms with van der Waals surface area (Å²) in [5.41, 5.74) is 1.66. The molecule has 28 heavy (non-hydrogen) atoms. The van der Waals surface area contributed by atoms with Gasteiger partial charge in [0, 0.05) is 24.3 Å². The molecule has 1 aromatic heterocycles. The molecular weight excluding hydrogens is 401 g/mol. The van der Waals surface area contributed by atoms with Gasteiger partial charge in [-0.15, -0.1) is 0 Å². The highest BCUT2D eigenvalue weighted by atomic mass is 35.5. The van der Waals surface area contributed by atoms with Crippen molar-refractivity contribution in [3.63, 3.8) is 0 Å². The van der Waals surface area contributed by atoms with Crippen molar-refractivity contribution in [1.29, 1.82) is 5.26 Å². The van der Waals surface area contributed by atoms with Gasteiger partial charge < -0.3 is 14.0 Å². The minimum atomic E-state index is 0.257. The van der Waals surface area contributed by atoms with Gasteiger partial charge in [-0.3, -0.25) is 4.99 Å². The normalized spacial score (nSPS) is 10.8. The Bertz CT molecular complexity index is 1050. The highest BCUT2D eigenvalue weighted by Crippen LogP contribution is 2.36. The summed E-state index contributed by atoms with van der Waals surface area (Å²) in [6, 6.07) is 12.5. The molecule has 8 heteroatoms. The second-order valence-corrected chi connectivity index (χ2v) is 6.41. The van der Waals surface area contributed by atoms with E-state index in [1.807, 2.05) is 0 Å². The molecular formula is C20H15Cl2N3O3. The van der Waals surface area contributed by atoms with Gasteiger partial charge in [0.1, 0.15) is 34.5 Å². The maximum Gasteiger partial charge on any atom is 0.160 e. The fourth-order valence-electron chi connectivity index (χ4n) is 2.59. The van der Waals surface area contributed by atoms with Crippen LogP contribution < -0.4 is 9.47 Å². The Morgan fingerprint density at radius 1 is 1.18 bits per heavy atom. The lowest BCUT2D eigenvalue weighted by molar-refractivity contribution is 0.394. The van der Waals surface area contributed by atoms with Gasteiger partial charge in [-0.05, 0) is 24.3 Å². The number of hydrogen-bond acceptors (Lipinski definition) is 6. The smallest absolute Gasteiger partial charge is 0.160 e. The van der Waals surface area contributed by atoms with Crippen molar-refractivity contribution in [2.24, 2.45) is 4.99 Å². The van der Waals surface area contributed by atoms with Crippen LogP contribution in [0, 0.1) is 11.3 Å². The predicted molar refractivity (Wildman–Crippen MR) is 108 cm³/mol. The van der Waals surface area contributed by atoms with E-state index in [1.165, 1.54) is 0 Å². The summed E-state index contributed by atoms with van der Waals surface area (Å²) in [4.78, 5) is 4.39. The molecule has 2 aromatic carbocycles. The molecule has 3 aromatic rings. The summed E-state index contributed by atoms with van der Waals surface area (Å²) in [5, 5.41) is 14.3. The zero-order valence-corrected chi connectivity index (χ0v) is 16.6. The molecule has 0 spiro atoms. The molecule has 142 valence electrons. The van der Waals surface area contributed by atoms with Gasteiger partial charge in [-0.2, -0.15) is 5.26 Å². The average molecular weight is 416 g/mol. The molecule has 0 saturated heterocycles. The zero-order chi connectivity index (χ0) is 20.1. The highest BCUT2D eigenvalue weighted by molar-refractivity contribution is 6.39. The van der Waals surface area contributed by atoms with Crippen LogP contribution in [0.1, 0.15) is 11.3 Å². The third kappa shape index (κ3) is 3.96. The van der Waals surface area contributed by atoms with E-state index in [9.17, 15) is 5.26 Å². The predicted octanol–water partition coefficient (Wildman–Crippen LogP) is 5.48. The number of hydrogen-bond donors (Lipinski definition) is 0. The monoisotopic (exact) mass is 415 g/mol. The van der Waals surface area contributed by atoms with Gasteiger partial charge in [-0.1, -0.05) is 34.4 Å². The number of nitriles is 1. The van der Waals surface area contributed by atoms with E-state index in [-0.39, 0.29) is 12.0 Å². The third-order valence-electron chi connectivity index (χ3n) is 3.97. The van der Waals surface area contributed by atoms with Gasteiger partial charge >= 0.3 is 0 Å². The van der Waals surface area contributed by atoms with Crippen LogP contribution in [0.25, 0.3) is 11.3 Å². The number of halogens is 2. The first kappa shape index (κ1) is 19.7. The van der Waals surface area contributed by atoms with E-state index in [0.29, 0.717) is 44.2 Å². The molecule has 0 atom stereocenters. The van der Waals surface area contributed by atoms with Crippen LogP contribution >= 0.6 is 23.2 Å². The van der Waals surface area contributed by atoms with Crippen LogP contribution in [0.5, 0.6) is 11.5 Å². The first-order valence-corrected chi connectivity index (χ1v) is 8.92. The van der Waals surface area contributed by atoms with Crippen molar-refractivity contribution >= 4 is 35.1 Å². The molecule has 0 amide bonds. The maximum absolute atomic E-state index is 9.57. The number of methoxy groups -OCH3 is 2. The second kappa shape index (κ2) is 8.79. The fraction of sp³-hybridized carbons (Fsp3) is 0.150. The van der Waals surface area contributed by atoms with Crippen molar-refractivity contribution in [2.75, 3.05) is 14.2 Å². The molecule has 0 saturated carbocycles. The summed E-state index contributed by atoms with van der Waals surface area (Å²) in [6.07, 6.45) is 1.87. The average Bonchev–Trinajstić information content (AvgIpc) is 3.10. The van der Waals surface area contributed by atoms with Crippen LogP contribution in [0.15, 0.2) is 45.9 Å². The molecule has 0 bridgehead atoms. The van der Waals surface area contributed by atoms with Gasteiger partial charge in [0.05, 0.1) is 24.3 Å². The molecule has 0 aliphatic carbocycles. The lowest BCUT2D eigenvalue weighted by Gasteiger charge is -2.06. The Balaban J connectivity index is 1.88. The van der Waals surface area contributed by atoms with E-state index in [2.05, 4.69) is 16.2 Å². The van der Waals surface area contributed by atoms with Gasteiger partial charge in [0.25, 0.3) is 0 Å². The largest absolute Gasteiger partial charge is 0.497 e. The van der Waals surface area contributed by atoms with E-state index in [0.717, 1.165) is 0 Å². The van der Waals surface area contributed by atoms with Crippen molar-refractivity contribution in [3.8, 4) is 28.8 Å². The SMILES string of the molecule is COc1ccc(N=CCc2onc(-c3c(Cl)cccc3Cl)c2C#N)c(OC)c1. The van der Waals surface area contributed by atoms with Crippen LogP contribution in [0.2, 0.25) is 10.0 Å². The molecule has 0 fully saturated rings. The quantitative estimate of drug-likeness (QED) is 0.497. The Morgan fingerprint density at radius 2 is 1.93 bits per heavy atom. The molecule has 3 rings (SSSR count). The van der Waals surface area contributed by atoms with Crippen LogP contribution in [-0.2, 0) is 6.42 Å². The van der Waals surface area contributed by atoms with E-state index >= 15 is 0 Å². The zero-order valence-electron chi connectivity index (χ0n) is 15.1. The molecule has 6 nitrogen and oxygen atoms in total. The lowest BCUT2D eigenvalue weighted by atomic mass is 10.1.